The van der Waals surface area contributed by atoms with Gasteiger partial charge in [0.2, 0.25) is 10.0 Å². The quantitative estimate of drug-likeness (QED) is 0.810. The molecular weight excluding hydrogens is 317 g/mol. The highest BCUT2D eigenvalue weighted by atomic mass is 35.5. The summed E-state index contributed by atoms with van der Waals surface area (Å²) in [4.78, 5) is -0.142. The van der Waals surface area contributed by atoms with E-state index in [1.807, 2.05) is 0 Å². The molecule has 0 heterocycles. The fourth-order valence-corrected chi connectivity index (χ4v) is 2.77. The van der Waals surface area contributed by atoms with Crippen molar-refractivity contribution in [3.63, 3.8) is 0 Å². The Morgan fingerprint density at radius 2 is 1.80 bits per heavy atom. The van der Waals surface area contributed by atoms with E-state index in [1.54, 1.807) is 7.05 Å². The van der Waals surface area contributed by atoms with E-state index >= 15 is 0 Å². The normalized spacial score (nSPS) is 12.1. The molecule has 1 rings (SSSR count). The summed E-state index contributed by atoms with van der Waals surface area (Å²) in [6.45, 7) is 1.93. The van der Waals surface area contributed by atoms with E-state index in [0.29, 0.717) is 6.54 Å². The summed E-state index contributed by atoms with van der Waals surface area (Å²) in [5.74, 6) is 0. The Bertz CT molecular complexity index is 547. The molecule has 0 aliphatic heterocycles. The first-order valence-corrected chi connectivity index (χ1v) is 6.99. The zero-order valence-electron chi connectivity index (χ0n) is 10.9. The molecule has 0 fully saturated rings. The SMILES string of the molecule is CNCCNS(=O)(=O)c1ccc(C(F)(F)F)cc1C.Cl. The maximum atomic E-state index is 12.5. The maximum absolute atomic E-state index is 12.5. The molecule has 2 N–H and O–H groups in total. The van der Waals surface area contributed by atoms with Crippen LogP contribution in [0, 0.1) is 6.92 Å². The number of benzene rings is 1. The smallest absolute Gasteiger partial charge is 0.318 e. The van der Waals surface area contributed by atoms with Gasteiger partial charge in [-0.05, 0) is 37.7 Å². The molecule has 0 spiro atoms. The standard InChI is InChI=1S/C11H15F3N2O2S.ClH/c1-8-7-9(11(12,13)14)3-4-10(8)19(17,18)16-6-5-15-2;/h3-4,7,15-16H,5-6H2,1-2H3;1H. The summed E-state index contributed by atoms with van der Waals surface area (Å²) in [5.41, 5.74) is -0.800. The number of hydrogen-bond acceptors (Lipinski definition) is 3. The molecule has 0 saturated heterocycles. The van der Waals surface area contributed by atoms with Crippen LogP contribution in [0.25, 0.3) is 0 Å². The number of alkyl halides is 3. The van der Waals surface area contributed by atoms with Gasteiger partial charge in [0.15, 0.2) is 0 Å². The number of likely N-dealkylation sites (N-methyl/N-ethyl adjacent to an activating group) is 1. The number of aryl methyl sites for hydroxylation is 1. The predicted molar refractivity (Wildman–Crippen MR) is 72.5 cm³/mol. The van der Waals surface area contributed by atoms with Gasteiger partial charge in [-0.3, -0.25) is 0 Å². The van der Waals surface area contributed by atoms with E-state index in [0.717, 1.165) is 18.2 Å². The van der Waals surface area contributed by atoms with Crippen LogP contribution in [0.2, 0.25) is 0 Å². The first kappa shape index (κ1) is 19.2. The Morgan fingerprint density at radius 3 is 2.25 bits per heavy atom. The molecule has 0 radical (unpaired) electrons. The van der Waals surface area contributed by atoms with Crippen molar-refractivity contribution in [3.05, 3.63) is 29.3 Å². The van der Waals surface area contributed by atoms with Crippen molar-refractivity contribution in [2.75, 3.05) is 20.1 Å². The second-order valence-corrected chi connectivity index (χ2v) is 5.71. The lowest BCUT2D eigenvalue weighted by molar-refractivity contribution is -0.137. The van der Waals surface area contributed by atoms with Crippen LogP contribution >= 0.6 is 12.4 Å². The van der Waals surface area contributed by atoms with Gasteiger partial charge in [-0.2, -0.15) is 13.2 Å². The Morgan fingerprint density at radius 1 is 1.20 bits per heavy atom. The average molecular weight is 333 g/mol. The van der Waals surface area contributed by atoms with Gasteiger partial charge in [0.05, 0.1) is 10.5 Å². The van der Waals surface area contributed by atoms with Gasteiger partial charge < -0.3 is 5.32 Å². The summed E-state index contributed by atoms with van der Waals surface area (Å²) in [6.07, 6.45) is -4.48. The van der Waals surface area contributed by atoms with E-state index in [1.165, 1.54) is 6.92 Å². The molecule has 1 aromatic carbocycles. The molecule has 4 nitrogen and oxygen atoms in total. The van der Waals surface area contributed by atoms with Crippen LogP contribution in [0.1, 0.15) is 11.1 Å². The third-order valence-electron chi connectivity index (χ3n) is 2.46. The zero-order chi connectivity index (χ0) is 14.7. The summed E-state index contributed by atoms with van der Waals surface area (Å²) < 4.78 is 63.5. The molecule has 0 amide bonds. The summed E-state index contributed by atoms with van der Waals surface area (Å²) in [5, 5.41) is 2.76. The molecule has 0 aliphatic carbocycles. The molecule has 9 heteroatoms. The first-order valence-electron chi connectivity index (χ1n) is 5.50. The van der Waals surface area contributed by atoms with Gasteiger partial charge in [0.25, 0.3) is 0 Å². The molecule has 116 valence electrons. The first-order chi connectivity index (χ1) is 8.68. The molecule has 0 aliphatic rings. The number of hydrogen-bond donors (Lipinski definition) is 2. The van der Waals surface area contributed by atoms with Gasteiger partial charge in [-0.1, -0.05) is 0 Å². The number of nitrogens with one attached hydrogen (secondary N) is 2. The predicted octanol–water partition coefficient (Wildman–Crippen LogP) is 1.93. The van der Waals surface area contributed by atoms with Gasteiger partial charge in [0, 0.05) is 13.1 Å². The molecule has 0 aromatic heterocycles. The Kier molecular flexibility index (Phi) is 6.96. The van der Waals surface area contributed by atoms with Crippen molar-refractivity contribution in [2.45, 2.75) is 18.0 Å². The highest BCUT2D eigenvalue weighted by Gasteiger charge is 2.31. The molecule has 1 aromatic rings. The largest absolute Gasteiger partial charge is 0.416 e. The third kappa shape index (κ3) is 4.93. The lowest BCUT2D eigenvalue weighted by Gasteiger charge is -2.12. The number of halogens is 4. The number of rotatable bonds is 5. The molecule has 20 heavy (non-hydrogen) atoms. The lowest BCUT2D eigenvalue weighted by Crippen LogP contribution is -2.31. The minimum absolute atomic E-state index is 0. The highest BCUT2D eigenvalue weighted by Crippen LogP contribution is 2.31. The van der Waals surface area contributed by atoms with Crippen LogP contribution in [0.15, 0.2) is 23.1 Å². The molecule has 0 bridgehead atoms. The molecule has 0 atom stereocenters. The lowest BCUT2D eigenvalue weighted by atomic mass is 10.1. The van der Waals surface area contributed by atoms with Crippen molar-refractivity contribution in [2.24, 2.45) is 0 Å². The highest BCUT2D eigenvalue weighted by molar-refractivity contribution is 7.89. The van der Waals surface area contributed by atoms with Crippen molar-refractivity contribution >= 4 is 22.4 Å². The van der Waals surface area contributed by atoms with E-state index in [2.05, 4.69) is 10.0 Å². The molecular formula is C11H16ClF3N2O2S. The van der Waals surface area contributed by atoms with Crippen LogP contribution in [0.5, 0.6) is 0 Å². The van der Waals surface area contributed by atoms with Crippen molar-refractivity contribution in [1.82, 2.24) is 10.0 Å². The average Bonchev–Trinajstić information content (AvgIpc) is 2.27. The van der Waals surface area contributed by atoms with Crippen molar-refractivity contribution in [1.29, 1.82) is 0 Å². The van der Waals surface area contributed by atoms with E-state index in [9.17, 15) is 21.6 Å². The van der Waals surface area contributed by atoms with Gasteiger partial charge in [-0.25, -0.2) is 13.1 Å². The minimum atomic E-state index is -4.48. The fraction of sp³-hybridized carbons (Fsp3) is 0.455. The van der Waals surface area contributed by atoms with Crippen molar-refractivity contribution < 1.29 is 21.6 Å². The van der Waals surface area contributed by atoms with Gasteiger partial charge in [-0.15, -0.1) is 12.4 Å². The van der Waals surface area contributed by atoms with E-state index < -0.39 is 21.8 Å². The van der Waals surface area contributed by atoms with Gasteiger partial charge in [0.1, 0.15) is 0 Å². The van der Waals surface area contributed by atoms with Crippen LogP contribution in [0.3, 0.4) is 0 Å². The monoisotopic (exact) mass is 332 g/mol. The van der Waals surface area contributed by atoms with Crippen LogP contribution in [0.4, 0.5) is 13.2 Å². The topological polar surface area (TPSA) is 58.2 Å². The summed E-state index contributed by atoms with van der Waals surface area (Å²) in [6, 6.07) is 2.56. The summed E-state index contributed by atoms with van der Waals surface area (Å²) in [7, 11) is -2.12. The zero-order valence-corrected chi connectivity index (χ0v) is 12.5. The van der Waals surface area contributed by atoms with Crippen molar-refractivity contribution in [3.8, 4) is 0 Å². The summed E-state index contributed by atoms with van der Waals surface area (Å²) >= 11 is 0. The molecule has 0 unspecified atom stereocenters. The fourth-order valence-electron chi connectivity index (χ4n) is 1.52. The van der Waals surface area contributed by atoms with Gasteiger partial charge >= 0.3 is 6.18 Å². The van der Waals surface area contributed by atoms with Crippen LogP contribution in [-0.2, 0) is 16.2 Å². The van der Waals surface area contributed by atoms with Crippen LogP contribution < -0.4 is 10.0 Å². The van der Waals surface area contributed by atoms with Crippen LogP contribution in [-0.4, -0.2) is 28.6 Å². The minimum Gasteiger partial charge on any atom is -0.318 e. The molecule has 0 saturated carbocycles. The second kappa shape index (κ2) is 7.26. The second-order valence-electron chi connectivity index (χ2n) is 3.98. The van der Waals surface area contributed by atoms with E-state index in [-0.39, 0.29) is 29.4 Å². The Hall–Kier alpha value is -0.830. The Balaban J connectivity index is 0.00000361. The Labute approximate surface area is 122 Å². The number of sulfonamides is 1. The maximum Gasteiger partial charge on any atom is 0.416 e. The third-order valence-corrected chi connectivity index (χ3v) is 4.08. The van der Waals surface area contributed by atoms with E-state index in [4.69, 9.17) is 0 Å².